The van der Waals surface area contributed by atoms with Crippen LogP contribution < -0.4 is 14.2 Å². The van der Waals surface area contributed by atoms with Gasteiger partial charge in [-0.1, -0.05) is 0 Å². The highest BCUT2D eigenvalue weighted by Gasteiger charge is 2.35. The van der Waals surface area contributed by atoms with Crippen LogP contribution in [0.3, 0.4) is 0 Å². The number of rotatable bonds is 6. The van der Waals surface area contributed by atoms with Gasteiger partial charge in [-0.15, -0.1) is 12.6 Å². The van der Waals surface area contributed by atoms with E-state index in [-0.39, 0.29) is 5.56 Å². The number of hydrogen-bond donors (Lipinski definition) is 2. The number of imidazole rings is 1. The van der Waals surface area contributed by atoms with Crippen molar-refractivity contribution in [2.75, 3.05) is 24.7 Å². The second-order valence-corrected chi connectivity index (χ2v) is 8.32. The Bertz CT molecular complexity index is 1210. The van der Waals surface area contributed by atoms with Crippen molar-refractivity contribution >= 4 is 34.0 Å². The number of methoxy groups -OCH3 is 2. The Kier molecular flexibility index (Phi) is 5.78. The molecule has 0 saturated heterocycles. The molecule has 0 aliphatic rings. The van der Waals surface area contributed by atoms with Crippen molar-refractivity contribution in [3.8, 4) is 22.8 Å². The van der Waals surface area contributed by atoms with Gasteiger partial charge in [0.15, 0.2) is 17.3 Å². The second-order valence-electron chi connectivity index (χ2n) is 6.11. The van der Waals surface area contributed by atoms with Gasteiger partial charge in [0.25, 0.3) is 0 Å². The van der Waals surface area contributed by atoms with E-state index < -0.39 is 39.2 Å². The van der Waals surface area contributed by atoms with E-state index in [1.54, 1.807) is 21.4 Å². The molecule has 0 aliphatic carbocycles. The third-order valence-electron chi connectivity index (χ3n) is 3.97. The van der Waals surface area contributed by atoms with Crippen molar-refractivity contribution in [2.24, 2.45) is 0 Å². The summed E-state index contributed by atoms with van der Waals surface area (Å²) in [5, 5.41) is 0. The summed E-state index contributed by atoms with van der Waals surface area (Å²) in [6.45, 7) is 0. The SMILES string of the molecule is COc1cc2ncc(-c3cc(F)c(OC)c(NS(=O)(=O)CC(F)(F)F)c3)n2cc1S. The molecular weight excluding hydrogens is 450 g/mol. The molecule has 1 N–H and O–H groups in total. The lowest BCUT2D eigenvalue weighted by Gasteiger charge is -2.15. The highest BCUT2D eigenvalue weighted by Crippen LogP contribution is 2.36. The number of ether oxygens (including phenoxy) is 2. The van der Waals surface area contributed by atoms with Crippen LogP contribution in [0, 0.1) is 5.82 Å². The molecule has 0 amide bonds. The molecule has 0 spiro atoms. The van der Waals surface area contributed by atoms with Crippen LogP contribution in [0.1, 0.15) is 0 Å². The predicted octanol–water partition coefficient (Wildman–Crippen LogP) is 3.75. The molecule has 0 saturated carbocycles. The first-order chi connectivity index (χ1) is 13.9. The summed E-state index contributed by atoms with van der Waals surface area (Å²) in [6.07, 6.45) is -2.04. The Morgan fingerprint density at radius 1 is 1.20 bits per heavy atom. The molecule has 0 aliphatic heterocycles. The van der Waals surface area contributed by atoms with E-state index in [9.17, 15) is 26.0 Å². The number of aromatic nitrogens is 2. The minimum absolute atomic E-state index is 0.142. The van der Waals surface area contributed by atoms with Crippen LogP contribution in [-0.4, -0.2) is 44.0 Å². The standard InChI is InChI=1S/C17H15F4N3O4S2/c1-27-13-5-15-22-6-12(24(15)7-14(13)29)9-3-10(18)16(28-2)11(4-9)23-30(25,26)8-17(19,20)21/h3-7,23,29H,8H2,1-2H3. The smallest absolute Gasteiger partial charge is 0.404 e. The maximum absolute atomic E-state index is 14.6. The van der Waals surface area contributed by atoms with Crippen molar-refractivity contribution in [2.45, 2.75) is 11.1 Å². The average molecular weight is 465 g/mol. The third-order valence-corrected chi connectivity index (χ3v) is 5.55. The van der Waals surface area contributed by atoms with Crippen LogP contribution in [0.4, 0.5) is 23.2 Å². The molecule has 0 atom stereocenters. The fourth-order valence-corrected chi connectivity index (χ4v) is 4.08. The number of halogens is 4. The Hall–Kier alpha value is -2.67. The summed E-state index contributed by atoms with van der Waals surface area (Å²) in [7, 11) is -2.34. The lowest BCUT2D eigenvalue weighted by Crippen LogP contribution is -2.28. The fourth-order valence-electron chi connectivity index (χ4n) is 2.82. The molecule has 3 rings (SSSR count). The number of thiol groups is 1. The van der Waals surface area contributed by atoms with Gasteiger partial charge < -0.3 is 9.47 Å². The molecule has 3 aromatic rings. The van der Waals surface area contributed by atoms with Crippen molar-refractivity contribution in [1.29, 1.82) is 0 Å². The highest BCUT2D eigenvalue weighted by atomic mass is 32.2. The second kappa shape index (κ2) is 7.87. The molecule has 0 radical (unpaired) electrons. The van der Waals surface area contributed by atoms with Crippen LogP contribution in [0.15, 0.2) is 35.5 Å². The number of nitrogens with zero attached hydrogens (tertiary/aromatic N) is 2. The fraction of sp³-hybridized carbons (Fsp3) is 0.235. The van der Waals surface area contributed by atoms with Gasteiger partial charge in [0.2, 0.25) is 10.0 Å². The number of nitrogens with one attached hydrogen (secondary N) is 1. The molecule has 0 unspecified atom stereocenters. The van der Waals surface area contributed by atoms with E-state index >= 15 is 0 Å². The molecule has 2 aromatic heterocycles. The van der Waals surface area contributed by atoms with Crippen LogP contribution in [-0.2, 0) is 10.0 Å². The molecule has 0 bridgehead atoms. The van der Waals surface area contributed by atoms with Gasteiger partial charge >= 0.3 is 6.18 Å². The molecule has 13 heteroatoms. The normalized spacial score (nSPS) is 12.2. The van der Waals surface area contributed by atoms with E-state index in [1.165, 1.54) is 13.3 Å². The lowest BCUT2D eigenvalue weighted by atomic mass is 10.1. The number of sulfonamides is 1. The first-order valence-electron chi connectivity index (χ1n) is 8.13. The Balaban J connectivity index is 2.12. The van der Waals surface area contributed by atoms with Gasteiger partial charge in [-0.05, 0) is 12.1 Å². The van der Waals surface area contributed by atoms with Crippen LogP contribution in [0.2, 0.25) is 0 Å². The zero-order valence-corrected chi connectivity index (χ0v) is 17.2. The zero-order chi connectivity index (χ0) is 22.3. The molecule has 2 heterocycles. The molecule has 7 nitrogen and oxygen atoms in total. The number of alkyl halides is 3. The zero-order valence-electron chi connectivity index (χ0n) is 15.5. The molecule has 30 heavy (non-hydrogen) atoms. The monoisotopic (exact) mass is 465 g/mol. The van der Waals surface area contributed by atoms with Crippen LogP contribution in [0.5, 0.6) is 11.5 Å². The van der Waals surface area contributed by atoms with Gasteiger partial charge in [-0.3, -0.25) is 9.12 Å². The number of fused-ring (bicyclic) bond motifs is 1. The van der Waals surface area contributed by atoms with E-state index in [0.29, 0.717) is 22.0 Å². The molecular formula is C17H15F4N3O4S2. The van der Waals surface area contributed by atoms with Crippen molar-refractivity contribution < 1.29 is 35.5 Å². The summed E-state index contributed by atoms with van der Waals surface area (Å²) in [5.74, 6) is -3.21. The Morgan fingerprint density at radius 2 is 1.90 bits per heavy atom. The van der Waals surface area contributed by atoms with E-state index in [2.05, 4.69) is 17.6 Å². The number of anilines is 1. The van der Waals surface area contributed by atoms with E-state index in [0.717, 1.165) is 19.2 Å². The number of hydrogen-bond acceptors (Lipinski definition) is 6. The van der Waals surface area contributed by atoms with Crippen molar-refractivity contribution in [3.05, 3.63) is 36.4 Å². The first-order valence-corrected chi connectivity index (χ1v) is 10.2. The molecule has 162 valence electrons. The summed E-state index contributed by atoms with van der Waals surface area (Å²) >= 11 is 4.29. The summed E-state index contributed by atoms with van der Waals surface area (Å²) in [5.41, 5.74) is 0.422. The summed E-state index contributed by atoms with van der Waals surface area (Å²) in [6, 6.07) is 3.78. The number of benzene rings is 1. The average Bonchev–Trinajstić information content (AvgIpc) is 3.00. The lowest BCUT2D eigenvalue weighted by molar-refractivity contribution is -0.106. The Labute approximate surface area is 174 Å². The largest absolute Gasteiger partial charge is 0.495 e. The Morgan fingerprint density at radius 3 is 2.50 bits per heavy atom. The number of pyridine rings is 1. The third kappa shape index (κ3) is 4.56. The van der Waals surface area contributed by atoms with Gasteiger partial charge in [-0.25, -0.2) is 17.8 Å². The highest BCUT2D eigenvalue weighted by molar-refractivity contribution is 7.92. The van der Waals surface area contributed by atoms with Gasteiger partial charge in [0, 0.05) is 17.8 Å². The van der Waals surface area contributed by atoms with Gasteiger partial charge in [-0.2, -0.15) is 13.2 Å². The minimum atomic E-state index is -4.97. The quantitative estimate of drug-likeness (QED) is 0.428. The van der Waals surface area contributed by atoms with Crippen molar-refractivity contribution in [1.82, 2.24) is 9.38 Å². The van der Waals surface area contributed by atoms with Crippen LogP contribution >= 0.6 is 12.6 Å². The van der Waals surface area contributed by atoms with E-state index in [1.807, 2.05) is 0 Å². The predicted molar refractivity (Wildman–Crippen MR) is 104 cm³/mol. The summed E-state index contributed by atoms with van der Waals surface area (Å²) < 4.78 is 89.2. The molecule has 0 fully saturated rings. The van der Waals surface area contributed by atoms with Crippen LogP contribution in [0.25, 0.3) is 16.9 Å². The van der Waals surface area contributed by atoms with E-state index in [4.69, 9.17) is 9.47 Å². The van der Waals surface area contributed by atoms with Gasteiger partial charge in [0.05, 0.1) is 36.7 Å². The van der Waals surface area contributed by atoms with Crippen molar-refractivity contribution in [3.63, 3.8) is 0 Å². The minimum Gasteiger partial charge on any atom is -0.495 e. The maximum Gasteiger partial charge on any atom is 0.404 e. The maximum atomic E-state index is 14.6. The first kappa shape index (κ1) is 22.0. The summed E-state index contributed by atoms with van der Waals surface area (Å²) in [4.78, 5) is 4.63. The topological polar surface area (TPSA) is 81.9 Å². The molecule has 1 aromatic carbocycles. The van der Waals surface area contributed by atoms with Gasteiger partial charge in [0.1, 0.15) is 11.4 Å².